The van der Waals surface area contributed by atoms with Crippen LogP contribution in [0.2, 0.25) is 0 Å². The number of hydrogen-bond acceptors (Lipinski definition) is 3. The van der Waals surface area contributed by atoms with Gasteiger partial charge in [-0.3, -0.25) is 9.78 Å². The maximum atomic E-state index is 11.9. The Morgan fingerprint density at radius 1 is 1.08 bits per heavy atom. The van der Waals surface area contributed by atoms with Crippen molar-refractivity contribution in [3.8, 4) is 17.0 Å². The van der Waals surface area contributed by atoms with Crippen molar-refractivity contribution in [2.24, 2.45) is 5.92 Å². The molecular weight excluding hydrogens is 322 g/mol. The lowest BCUT2D eigenvalue weighted by atomic mass is 10.0. The third kappa shape index (κ3) is 6.62. The van der Waals surface area contributed by atoms with Crippen molar-refractivity contribution < 1.29 is 9.53 Å². The van der Waals surface area contributed by atoms with Crippen LogP contribution in [0.3, 0.4) is 0 Å². The van der Waals surface area contributed by atoms with Crippen LogP contribution in [0.1, 0.15) is 64.9 Å². The van der Waals surface area contributed by atoms with Crippen molar-refractivity contribution in [3.63, 3.8) is 0 Å². The van der Waals surface area contributed by atoms with Crippen molar-refractivity contribution in [1.82, 2.24) is 4.98 Å². The SMILES string of the molecule is CCCCCc1ccc(-c2ccc(OC(=O)CCC(C)CC)cc2)nc1. The van der Waals surface area contributed by atoms with Gasteiger partial charge in [-0.15, -0.1) is 0 Å². The van der Waals surface area contributed by atoms with Gasteiger partial charge in [0.15, 0.2) is 0 Å². The molecule has 1 atom stereocenters. The molecule has 0 spiro atoms. The lowest BCUT2D eigenvalue weighted by Gasteiger charge is -2.09. The van der Waals surface area contributed by atoms with E-state index >= 15 is 0 Å². The van der Waals surface area contributed by atoms with E-state index in [2.05, 4.69) is 37.9 Å². The van der Waals surface area contributed by atoms with E-state index in [4.69, 9.17) is 4.74 Å². The Labute approximate surface area is 157 Å². The number of ether oxygens (including phenoxy) is 1. The van der Waals surface area contributed by atoms with Crippen LogP contribution in [0.25, 0.3) is 11.3 Å². The molecule has 2 aromatic rings. The van der Waals surface area contributed by atoms with Crippen LogP contribution in [0.5, 0.6) is 5.75 Å². The summed E-state index contributed by atoms with van der Waals surface area (Å²) in [5.41, 5.74) is 3.26. The van der Waals surface area contributed by atoms with Crippen LogP contribution < -0.4 is 4.74 Å². The van der Waals surface area contributed by atoms with E-state index < -0.39 is 0 Å². The molecule has 140 valence electrons. The van der Waals surface area contributed by atoms with Gasteiger partial charge in [0.2, 0.25) is 0 Å². The molecule has 3 heteroatoms. The number of unbranched alkanes of at least 4 members (excludes halogenated alkanes) is 2. The van der Waals surface area contributed by atoms with E-state index in [-0.39, 0.29) is 5.97 Å². The number of pyridine rings is 1. The van der Waals surface area contributed by atoms with Gasteiger partial charge in [-0.2, -0.15) is 0 Å². The largest absolute Gasteiger partial charge is 0.427 e. The molecule has 0 aliphatic heterocycles. The molecule has 26 heavy (non-hydrogen) atoms. The van der Waals surface area contributed by atoms with E-state index in [1.807, 2.05) is 30.5 Å². The van der Waals surface area contributed by atoms with Crippen molar-refractivity contribution in [1.29, 1.82) is 0 Å². The van der Waals surface area contributed by atoms with Gasteiger partial charge >= 0.3 is 5.97 Å². The molecule has 0 bridgehead atoms. The fraction of sp³-hybridized carbons (Fsp3) is 0.478. The van der Waals surface area contributed by atoms with Crippen LogP contribution in [-0.2, 0) is 11.2 Å². The van der Waals surface area contributed by atoms with E-state index in [1.165, 1.54) is 24.8 Å². The lowest BCUT2D eigenvalue weighted by molar-refractivity contribution is -0.134. The smallest absolute Gasteiger partial charge is 0.311 e. The Balaban J connectivity index is 1.89. The Kier molecular flexibility index (Phi) is 8.33. The first-order chi connectivity index (χ1) is 12.6. The molecule has 0 saturated carbocycles. The van der Waals surface area contributed by atoms with Crippen molar-refractivity contribution >= 4 is 5.97 Å². The summed E-state index contributed by atoms with van der Waals surface area (Å²) in [6, 6.07) is 11.8. The molecule has 1 aromatic carbocycles. The monoisotopic (exact) mass is 353 g/mol. The summed E-state index contributed by atoms with van der Waals surface area (Å²) in [6.07, 6.45) is 9.21. The summed E-state index contributed by atoms with van der Waals surface area (Å²) in [4.78, 5) is 16.5. The molecule has 0 saturated heterocycles. The van der Waals surface area contributed by atoms with Gasteiger partial charge in [0.05, 0.1) is 5.69 Å². The fourth-order valence-corrected chi connectivity index (χ4v) is 2.77. The van der Waals surface area contributed by atoms with Gasteiger partial charge in [-0.1, -0.05) is 46.1 Å². The third-order valence-corrected chi connectivity index (χ3v) is 4.81. The molecule has 3 nitrogen and oxygen atoms in total. The highest BCUT2D eigenvalue weighted by Gasteiger charge is 2.08. The van der Waals surface area contributed by atoms with Crippen LogP contribution in [0.4, 0.5) is 0 Å². The van der Waals surface area contributed by atoms with E-state index in [1.54, 1.807) is 0 Å². The van der Waals surface area contributed by atoms with Crippen LogP contribution in [-0.4, -0.2) is 11.0 Å². The van der Waals surface area contributed by atoms with E-state index in [0.29, 0.717) is 18.1 Å². The molecule has 1 heterocycles. The maximum absolute atomic E-state index is 11.9. The molecular formula is C23H31NO2. The fourth-order valence-electron chi connectivity index (χ4n) is 2.77. The number of esters is 1. The Morgan fingerprint density at radius 3 is 2.46 bits per heavy atom. The zero-order valence-electron chi connectivity index (χ0n) is 16.3. The summed E-state index contributed by atoms with van der Waals surface area (Å²) >= 11 is 0. The average molecular weight is 354 g/mol. The molecule has 0 amide bonds. The van der Waals surface area contributed by atoms with Crippen molar-refractivity contribution in [3.05, 3.63) is 48.2 Å². The Morgan fingerprint density at radius 2 is 1.85 bits per heavy atom. The highest BCUT2D eigenvalue weighted by Crippen LogP contribution is 2.22. The van der Waals surface area contributed by atoms with Gasteiger partial charge in [-0.05, 0) is 61.1 Å². The number of carbonyl (C=O) groups excluding carboxylic acids is 1. The van der Waals surface area contributed by atoms with Gasteiger partial charge in [-0.25, -0.2) is 0 Å². The number of aryl methyl sites for hydroxylation is 1. The topological polar surface area (TPSA) is 39.2 Å². The second-order valence-corrected chi connectivity index (χ2v) is 7.06. The minimum Gasteiger partial charge on any atom is -0.427 e. The van der Waals surface area contributed by atoms with Gasteiger partial charge < -0.3 is 4.74 Å². The highest BCUT2D eigenvalue weighted by atomic mass is 16.5. The molecule has 0 N–H and O–H groups in total. The molecule has 2 rings (SSSR count). The first kappa shape index (κ1) is 20.2. The summed E-state index contributed by atoms with van der Waals surface area (Å²) in [5, 5.41) is 0. The zero-order valence-corrected chi connectivity index (χ0v) is 16.3. The number of nitrogens with zero attached hydrogens (tertiary/aromatic N) is 1. The summed E-state index contributed by atoms with van der Waals surface area (Å²) in [7, 11) is 0. The third-order valence-electron chi connectivity index (χ3n) is 4.81. The Hall–Kier alpha value is -2.16. The minimum atomic E-state index is -0.160. The minimum absolute atomic E-state index is 0.160. The van der Waals surface area contributed by atoms with E-state index in [9.17, 15) is 4.79 Å². The van der Waals surface area contributed by atoms with Crippen LogP contribution in [0.15, 0.2) is 42.6 Å². The quantitative estimate of drug-likeness (QED) is 0.289. The molecule has 0 radical (unpaired) electrons. The number of carbonyl (C=O) groups is 1. The number of hydrogen-bond donors (Lipinski definition) is 0. The molecule has 0 aliphatic carbocycles. The second kappa shape index (κ2) is 10.7. The van der Waals surface area contributed by atoms with Gasteiger partial charge in [0.25, 0.3) is 0 Å². The van der Waals surface area contributed by atoms with Crippen LogP contribution in [0, 0.1) is 5.92 Å². The molecule has 0 aliphatic rings. The summed E-state index contributed by atoms with van der Waals surface area (Å²) in [6.45, 7) is 6.51. The van der Waals surface area contributed by atoms with Gasteiger partial charge in [0.1, 0.15) is 5.75 Å². The summed E-state index contributed by atoms with van der Waals surface area (Å²) < 4.78 is 5.41. The number of rotatable bonds is 10. The lowest BCUT2D eigenvalue weighted by Crippen LogP contribution is -2.09. The van der Waals surface area contributed by atoms with Crippen molar-refractivity contribution in [2.75, 3.05) is 0 Å². The predicted octanol–water partition coefficient (Wildman–Crippen LogP) is 6.21. The highest BCUT2D eigenvalue weighted by molar-refractivity contribution is 5.72. The number of benzene rings is 1. The van der Waals surface area contributed by atoms with Crippen LogP contribution >= 0.6 is 0 Å². The standard InChI is InChI=1S/C23H31NO2/c1-4-6-7-8-19-10-15-22(24-17-19)20-11-13-21(14-12-20)26-23(25)16-9-18(3)5-2/h10-15,17-18H,4-9,16H2,1-3H3. The van der Waals surface area contributed by atoms with Gasteiger partial charge in [0, 0.05) is 18.2 Å². The molecule has 1 aromatic heterocycles. The normalized spacial score (nSPS) is 12.0. The summed E-state index contributed by atoms with van der Waals surface area (Å²) in [5.74, 6) is 0.993. The predicted molar refractivity (Wildman–Crippen MR) is 107 cm³/mol. The van der Waals surface area contributed by atoms with E-state index in [0.717, 1.165) is 30.5 Å². The first-order valence-corrected chi connectivity index (χ1v) is 9.88. The van der Waals surface area contributed by atoms with Crippen molar-refractivity contribution in [2.45, 2.75) is 65.7 Å². The zero-order chi connectivity index (χ0) is 18.8. The maximum Gasteiger partial charge on any atom is 0.311 e. The molecule has 1 unspecified atom stereocenters. The molecule has 0 fully saturated rings. The Bertz CT molecular complexity index is 662. The first-order valence-electron chi connectivity index (χ1n) is 9.88. The average Bonchev–Trinajstić information content (AvgIpc) is 2.67. The second-order valence-electron chi connectivity index (χ2n) is 7.06. The number of aromatic nitrogens is 1.